The Morgan fingerprint density at radius 2 is 0.324 bits per heavy atom. The number of rotatable bonds is 49. The van der Waals surface area contributed by atoms with Crippen LogP contribution in [0, 0.1) is 0 Å². The molecular formula is C44H96N22O8. The van der Waals surface area contributed by atoms with Crippen molar-refractivity contribution in [3.63, 3.8) is 0 Å². The lowest BCUT2D eigenvalue weighted by Gasteiger charge is -2.29. The molecule has 0 aliphatic heterocycles. The highest BCUT2D eigenvalue weighted by atomic mass is 16.2. The molecule has 0 heterocycles. The number of carbonyl (C=O) groups is 8. The third-order valence-corrected chi connectivity index (χ3v) is 11.7. The Morgan fingerprint density at radius 3 is 0.500 bits per heavy atom. The molecule has 0 radical (unpaired) electrons. The van der Waals surface area contributed by atoms with Crippen LogP contribution in [0.5, 0.6) is 0 Å². The Balaban J connectivity index is 6.17. The summed E-state index contributed by atoms with van der Waals surface area (Å²) in [5.41, 5.74) is 42.4. The lowest BCUT2D eigenvalue weighted by molar-refractivity contribution is 0.190. The summed E-state index contributed by atoms with van der Waals surface area (Å²) in [5, 5.41) is 21.1. The average molecular weight is 1060 g/mol. The summed E-state index contributed by atoms with van der Waals surface area (Å²) >= 11 is 0. The smallest absolute Gasteiger partial charge is 0.312 e. The maximum atomic E-state index is 11.4. The number of hydrogen-bond donors (Lipinski definition) is 16. The first-order chi connectivity index (χ1) is 35.4. The molecule has 0 bridgehead atoms. The summed E-state index contributed by atoms with van der Waals surface area (Å²) in [7, 11) is 0. The Bertz CT molecular complexity index is 1340. The lowest BCUT2D eigenvalue weighted by Crippen LogP contribution is -2.41. The number of urea groups is 8. The van der Waals surface area contributed by atoms with Crippen molar-refractivity contribution in [3.05, 3.63) is 0 Å². The fourth-order valence-electron chi connectivity index (χ4n) is 8.16. The van der Waals surface area contributed by atoms with Crippen molar-refractivity contribution in [2.75, 3.05) is 170 Å². The zero-order valence-corrected chi connectivity index (χ0v) is 44.0. The van der Waals surface area contributed by atoms with Gasteiger partial charge in [-0.3, -0.25) is 0 Å². The van der Waals surface area contributed by atoms with E-state index in [1.54, 1.807) is 0 Å². The topological polar surface area (TPSA) is 460 Å². The molecule has 0 unspecified atom stereocenters. The number of nitrogens with zero attached hydrogens (tertiary/aromatic N) is 6. The zero-order valence-electron chi connectivity index (χ0n) is 44.0. The monoisotopic (exact) mass is 1060 g/mol. The van der Waals surface area contributed by atoms with E-state index in [0.29, 0.717) is 130 Å². The van der Waals surface area contributed by atoms with Crippen LogP contribution in [0.25, 0.3) is 0 Å². The highest BCUT2D eigenvalue weighted by Crippen LogP contribution is 2.07. The largest absolute Gasteiger partial charge is 0.352 e. The van der Waals surface area contributed by atoms with E-state index >= 15 is 0 Å². The molecule has 0 atom stereocenters. The van der Waals surface area contributed by atoms with Gasteiger partial charge in [-0.05, 0) is 156 Å². The summed E-state index contributed by atoms with van der Waals surface area (Å²) in [6.45, 7) is 16.1. The molecule has 0 aromatic heterocycles. The van der Waals surface area contributed by atoms with E-state index < -0.39 is 48.2 Å². The van der Waals surface area contributed by atoms with E-state index in [2.05, 4.69) is 71.9 Å². The second kappa shape index (κ2) is 45.5. The molecule has 0 aromatic carbocycles. The predicted molar refractivity (Wildman–Crippen MR) is 285 cm³/mol. The minimum atomic E-state index is -0.597. The molecule has 0 saturated heterocycles. The van der Waals surface area contributed by atoms with E-state index in [1.165, 1.54) is 0 Å². The Hall–Kier alpha value is -6.08. The zero-order chi connectivity index (χ0) is 55.2. The number of primary amides is 8. The summed E-state index contributed by atoms with van der Waals surface area (Å²) < 4.78 is 0. The van der Waals surface area contributed by atoms with Gasteiger partial charge in [0.25, 0.3) is 0 Å². The summed E-state index contributed by atoms with van der Waals surface area (Å²) in [6, 6.07) is -4.73. The van der Waals surface area contributed by atoms with Crippen LogP contribution in [0.2, 0.25) is 0 Å². The first-order valence-electron chi connectivity index (χ1n) is 26.0. The van der Waals surface area contributed by atoms with Crippen molar-refractivity contribution < 1.29 is 38.4 Å². The van der Waals surface area contributed by atoms with Gasteiger partial charge in [0.15, 0.2) is 0 Å². The van der Waals surface area contributed by atoms with Crippen LogP contribution in [0.4, 0.5) is 38.4 Å². The maximum absolute atomic E-state index is 11.4. The van der Waals surface area contributed by atoms with Crippen LogP contribution in [-0.2, 0) is 0 Å². The van der Waals surface area contributed by atoms with Crippen LogP contribution in [0.3, 0.4) is 0 Å². The highest BCUT2D eigenvalue weighted by Gasteiger charge is 2.15. The first-order valence-corrected chi connectivity index (χ1v) is 26.0. The van der Waals surface area contributed by atoms with Gasteiger partial charge in [0.1, 0.15) is 0 Å². The van der Waals surface area contributed by atoms with Crippen molar-refractivity contribution >= 4 is 48.2 Å². The molecular weight excluding hydrogens is 965 g/mol. The summed E-state index contributed by atoms with van der Waals surface area (Å²) in [4.78, 5) is 105. The minimum Gasteiger partial charge on any atom is -0.352 e. The third kappa shape index (κ3) is 47.0. The molecule has 430 valence electrons. The SMILES string of the molecule is NC(=O)NCCCN(CCCN(CCCCN(CCCN(CCCNC(N)=O)CCNC(N)=O)CCCN(CCCNC(N)=O)CCNC(N)=O)CCCN(CCCNC(N)=O)CCNC(N)=O)CCNC(N)=O. The van der Waals surface area contributed by atoms with Crippen LogP contribution >= 0.6 is 0 Å². The normalized spacial score (nSPS) is 11.3. The van der Waals surface area contributed by atoms with Crippen LogP contribution in [0.1, 0.15) is 64.2 Å². The molecule has 0 spiro atoms. The lowest BCUT2D eigenvalue weighted by atomic mass is 10.2. The molecule has 0 aromatic rings. The number of nitrogens with two attached hydrogens (primary N) is 8. The van der Waals surface area contributed by atoms with Crippen molar-refractivity contribution in [2.45, 2.75) is 64.2 Å². The Labute approximate surface area is 437 Å². The molecule has 0 fully saturated rings. The number of amides is 16. The predicted octanol–water partition coefficient (Wildman–Crippen LogP) is -3.95. The fraction of sp³-hybridized carbons (Fsp3) is 0.818. The molecule has 24 N–H and O–H groups in total. The van der Waals surface area contributed by atoms with Crippen LogP contribution < -0.4 is 88.4 Å². The molecule has 0 aliphatic carbocycles. The van der Waals surface area contributed by atoms with E-state index in [4.69, 9.17) is 45.9 Å². The van der Waals surface area contributed by atoms with Crippen molar-refractivity contribution in [1.29, 1.82) is 0 Å². The number of nitrogens with one attached hydrogen (secondary N) is 8. The van der Waals surface area contributed by atoms with E-state index in [-0.39, 0.29) is 0 Å². The van der Waals surface area contributed by atoms with Gasteiger partial charge < -0.3 is 118 Å². The average Bonchev–Trinajstić information content (AvgIpc) is 3.31. The van der Waals surface area contributed by atoms with Gasteiger partial charge in [-0.2, -0.15) is 0 Å². The number of hydrogen-bond acceptors (Lipinski definition) is 14. The second-order valence-electron chi connectivity index (χ2n) is 17.9. The van der Waals surface area contributed by atoms with Gasteiger partial charge in [-0.15, -0.1) is 0 Å². The molecule has 30 heteroatoms. The van der Waals surface area contributed by atoms with E-state index in [1.807, 2.05) is 0 Å². The Morgan fingerprint density at radius 1 is 0.189 bits per heavy atom. The van der Waals surface area contributed by atoms with Crippen molar-refractivity contribution in [1.82, 2.24) is 71.9 Å². The molecule has 16 amide bonds. The quantitative estimate of drug-likeness (QED) is 0.0259. The number of carbonyl (C=O) groups excluding carboxylic acids is 8. The fourth-order valence-corrected chi connectivity index (χ4v) is 8.16. The second-order valence-corrected chi connectivity index (χ2v) is 17.9. The molecule has 0 rings (SSSR count). The van der Waals surface area contributed by atoms with Gasteiger partial charge in [0.2, 0.25) is 0 Å². The van der Waals surface area contributed by atoms with Crippen LogP contribution in [-0.4, -0.2) is 248 Å². The number of unbranched alkanes of at least 4 members (excludes halogenated alkanes) is 1. The van der Waals surface area contributed by atoms with Gasteiger partial charge in [0.05, 0.1) is 0 Å². The molecule has 0 saturated carbocycles. The van der Waals surface area contributed by atoms with E-state index in [0.717, 1.165) is 104 Å². The maximum Gasteiger partial charge on any atom is 0.312 e. The van der Waals surface area contributed by atoms with Crippen LogP contribution in [0.15, 0.2) is 0 Å². The van der Waals surface area contributed by atoms with Gasteiger partial charge in [-0.1, -0.05) is 0 Å². The van der Waals surface area contributed by atoms with Gasteiger partial charge >= 0.3 is 48.2 Å². The molecule has 74 heavy (non-hydrogen) atoms. The summed E-state index contributed by atoms with van der Waals surface area (Å²) in [6.07, 6.45) is 7.89. The van der Waals surface area contributed by atoms with E-state index in [9.17, 15) is 38.4 Å². The Kier molecular flexibility index (Phi) is 41.8. The standard InChI is InChI=1S/C44H96N22O8/c45-37(67)53-11-3-21-63(33-15-57-41(49)71)29-7-25-61(26-8-30-64(34-16-58-42(50)72)22-4-12-54-38(46)68)19-1-2-20-62(27-9-31-65(35-17-59-43(51)73)23-5-13-55-39(47)69)28-10-32-66(36-18-60-44(52)74)24-6-14-56-40(48)70/h1-36H2,(H3,45,53,67)(H3,46,54,68)(H3,47,55,69)(H3,48,56,70)(H3,49,57,71)(H3,50,58,72)(H3,51,59,73)(H3,52,60,74). The first kappa shape index (κ1) is 67.9. The molecule has 0 aliphatic rings. The van der Waals surface area contributed by atoms with Gasteiger partial charge in [-0.25, -0.2) is 38.4 Å². The van der Waals surface area contributed by atoms with Crippen molar-refractivity contribution in [3.8, 4) is 0 Å². The van der Waals surface area contributed by atoms with Crippen molar-refractivity contribution in [2.24, 2.45) is 45.9 Å². The minimum absolute atomic E-state index is 0.381. The molecule has 30 nitrogen and oxygen atoms in total. The van der Waals surface area contributed by atoms with Gasteiger partial charge in [0, 0.05) is 78.5 Å². The highest BCUT2D eigenvalue weighted by molar-refractivity contribution is 5.73. The third-order valence-electron chi connectivity index (χ3n) is 11.7. The summed E-state index contributed by atoms with van der Waals surface area (Å²) in [5.74, 6) is 0.